The highest BCUT2D eigenvalue weighted by Gasteiger charge is 1.92. The lowest BCUT2D eigenvalue weighted by Gasteiger charge is -1.93. The van der Waals surface area contributed by atoms with Crippen molar-refractivity contribution < 1.29 is 5.11 Å². The number of hydrogen-bond acceptors (Lipinski definition) is 1. The van der Waals surface area contributed by atoms with Crippen LogP contribution in [0.25, 0.3) is 0 Å². The second kappa shape index (κ2) is 5.61. The number of phenolic OH excluding ortho intramolecular Hbond substituents is 1. The van der Waals surface area contributed by atoms with E-state index in [-0.39, 0.29) is 5.75 Å². The first-order valence-corrected chi connectivity index (χ1v) is 4.92. The predicted molar refractivity (Wildman–Crippen MR) is 54.9 cm³/mol. The van der Waals surface area contributed by atoms with Gasteiger partial charge in [-0.3, -0.25) is 0 Å². The zero-order valence-corrected chi connectivity index (χ0v) is 9.61. The summed E-state index contributed by atoms with van der Waals surface area (Å²) in [6.45, 7) is 4.00. The van der Waals surface area contributed by atoms with Crippen LogP contribution in [0.1, 0.15) is 13.8 Å². The van der Waals surface area contributed by atoms with Gasteiger partial charge >= 0.3 is 0 Å². The number of halogens is 2. The van der Waals surface area contributed by atoms with Crippen LogP contribution in [-0.4, -0.2) is 5.11 Å². The van der Waals surface area contributed by atoms with E-state index < -0.39 is 0 Å². The van der Waals surface area contributed by atoms with E-state index in [9.17, 15) is 0 Å². The van der Waals surface area contributed by atoms with Gasteiger partial charge in [-0.15, -0.1) is 0 Å². The lowest BCUT2D eigenvalue weighted by Crippen LogP contribution is -1.66. The minimum absolute atomic E-state index is 0.260. The van der Waals surface area contributed by atoms with Crippen molar-refractivity contribution in [1.29, 1.82) is 0 Å². The third kappa shape index (κ3) is 4.43. The van der Waals surface area contributed by atoms with Crippen molar-refractivity contribution in [3.63, 3.8) is 0 Å². The molecular formula is C8H10Br2O. The van der Waals surface area contributed by atoms with Crippen molar-refractivity contribution in [2.24, 2.45) is 0 Å². The molecule has 1 aromatic rings. The Morgan fingerprint density at radius 1 is 1.00 bits per heavy atom. The molecule has 0 saturated heterocycles. The second-order valence-electron chi connectivity index (χ2n) is 1.63. The molecule has 0 fully saturated rings. The smallest absolute Gasteiger partial charge is 0.117 e. The van der Waals surface area contributed by atoms with Crippen LogP contribution >= 0.6 is 31.9 Å². The molecule has 11 heavy (non-hydrogen) atoms. The summed E-state index contributed by atoms with van der Waals surface area (Å²) in [5.41, 5.74) is 0. The fraction of sp³-hybridized carbons (Fsp3) is 0.250. The standard InChI is InChI=1S/C6H4Br2O.C2H6/c7-4-1-5(8)3-6(9)2-4;1-2/h1-3,9H;1-2H3. The molecule has 0 aliphatic heterocycles. The van der Waals surface area contributed by atoms with E-state index in [4.69, 9.17) is 5.11 Å². The predicted octanol–water partition coefficient (Wildman–Crippen LogP) is 3.94. The van der Waals surface area contributed by atoms with Crippen LogP contribution in [-0.2, 0) is 0 Å². The third-order valence-electron chi connectivity index (χ3n) is 0.847. The quantitative estimate of drug-likeness (QED) is 0.764. The highest BCUT2D eigenvalue weighted by Crippen LogP contribution is 2.23. The summed E-state index contributed by atoms with van der Waals surface area (Å²) in [4.78, 5) is 0. The molecule has 0 bridgehead atoms. The Hall–Kier alpha value is -0.0200. The molecule has 0 amide bonds. The van der Waals surface area contributed by atoms with Gasteiger partial charge in [0.05, 0.1) is 0 Å². The van der Waals surface area contributed by atoms with Gasteiger partial charge in [0.15, 0.2) is 0 Å². The molecule has 3 heteroatoms. The zero-order chi connectivity index (χ0) is 8.85. The van der Waals surface area contributed by atoms with Gasteiger partial charge in [0, 0.05) is 8.95 Å². The van der Waals surface area contributed by atoms with Gasteiger partial charge in [0.1, 0.15) is 5.75 Å². The van der Waals surface area contributed by atoms with Crippen molar-refractivity contribution in [2.75, 3.05) is 0 Å². The largest absolute Gasteiger partial charge is 0.508 e. The van der Waals surface area contributed by atoms with E-state index >= 15 is 0 Å². The van der Waals surface area contributed by atoms with Crippen molar-refractivity contribution in [3.8, 4) is 5.75 Å². The highest BCUT2D eigenvalue weighted by atomic mass is 79.9. The first kappa shape index (κ1) is 11.0. The Labute approximate surface area is 83.7 Å². The maximum atomic E-state index is 8.93. The van der Waals surface area contributed by atoms with Crippen LogP contribution < -0.4 is 0 Å². The average Bonchev–Trinajstić information content (AvgIpc) is 1.88. The van der Waals surface area contributed by atoms with Gasteiger partial charge in [-0.2, -0.15) is 0 Å². The van der Waals surface area contributed by atoms with E-state index in [1.165, 1.54) is 0 Å². The molecule has 0 aromatic heterocycles. The summed E-state index contributed by atoms with van der Waals surface area (Å²) in [6.07, 6.45) is 0. The Morgan fingerprint density at radius 2 is 1.36 bits per heavy atom. The maximum absolute atomic E-state index is 8.93. The summed E-state index contributed by atoms with van der Waals surface area (Å²) in [6, 6.07) is 5.12. The summed E-state index contributed by atoms with van der Waals surface area (Å²) >= 11 is 6.45. The maximum Gasteiger partial charge on any atom is 0.117 e. The van der Waals surface area contributed by atoms with Crippen LogP contribution in [0.15, 0.2) is 27.1 Å². The van der Waals surface area contributed by atoms with E-state index in [0.29, 0.717) is 0 Å². The van der Waals surface area contributed by atoms with E-state index in [1.807, 2.05) is 19.9 Å². The van der Waals surface area contributed by atoms with Crippen LogP contribution in [0.3, 0.4) is 0 Å². The number of benzene rings is 1. The SMILES string of the molecule is CC.Oc1cc(Br)cc(Br)c1. The monoisotopic (exact) mass is 280 g/mol. The fourth-order valence-electron chi connectivity index (χ4n) is 0.539. The van der Waals surface area contributed by atoms with Crippen LogP contribution in [0.5, 0.6) is 5.75 Å². The Bertz CT molecular complexity index is 173. The van der Waals surface area contributed by atoms with Gasteiger partial charge in [0.2, 0.25) is 0 Å². The van der Waals surface area contributed by atoms with E-state index in [0.717, 1.165) is 8.95 Å². The van der Waals surface area contributed by atoms with Crippen LogP contribution in [0, 0.1) is 0 Å². The van der Waals surface area contributed by atoms with Gasteiger partial charge < -0.3 is 5.11 Å². The Kier molecular flexibility index (Phi) is 5.60. The lowest BCUT2D eigenvalue weighted by molar-refractivity contribution is 0.474. The average molecular weight is 282 g/mol. The minimum atomic E-state index is 0.260. The minimum Gasteiger partial charge on any atom is -0.508 e. The van der Waals surface area contributed by atoms with Crippen LogP contribution in [0.2, 0.25) is 0 Å². The number of hydrogen-bond donors (Lipinski definition) is 1. The normalized spacial score (nSPS) is 8.36. The summed E-state index contributed by atoms with van der Waals surface area (Å²) in [5, 5.41) is 8.93. The molecular weight excluding hydrogens is 272 g/mol. The van der Waals surface area contributed by atoms with Crippen molar-refractivity contribution in [3.05, 3.63) is 27.1 Å². The van der Waals surface area contributed by atoms with Crippen molar-refractivity contribution in [1.82, 2.24) is 0 Å². The molecule has 0 radical (unpaired) electrons. The topological polar surface area (TPSA) is 20.2 Å². The fourth-order valence-corrected chi connectivity index (χ4v) is 1.81. The Balaban J connectivity index is 0.000000461. The zero-order valence-electron chi connectivity index (χ0n) is 6.44. The molecule has 1 rings (SSSR count). The molecule has 1 N–H and O–H groups in total. The number of aromatic hydroxyl groups is 1. The summed E-state index contributed by atoms with van der Waals surface area (Å²) in [5.74, 6) is 0.260. The molecule has 0 aliphatic carbocycles. The lowest BCUT2D eigenvalue weighted by atomic mass is 10.3. The molecule has 1 aromatic carbocycles. The molecule has 0 spiro atoms. The summed E-state index contributed by atoms with van der Waals surface area (Å²) in [7, 11) is 0. The highest BCUT2D eigenvalue weighted by molar-refractivity contribution is 9.11. The van der Waals surface area contributed by atoms with Gasteiger partial charge in [-0.25, -0.2) is 0 Å². The molecule has 0 unspecified atom stereocenters. The van der Waals surface area contributed by atoms with Gasteiger partial charge in [-0.05, 0) is 18.2 Å². The number of rotatable bonds is 0. The first-order chi connectivity index (χ1) is 5.18. The molecule has 0 heterocycles. The van der Waals surface area contributed by atoms with Gasteiger partial charge in [0.25, 0.3) is 0 Å². The van der Waals surface area contributed by atoms with E-state index in [2.05, 4.69) is 31.9 Å². The van der Waals surface area contributed by atoms with Crippen molar-refractivity contribution in [2.45, 2.75) is 13.8 Å². The van der Waals surface area contributed by atoms with Gasteiger partial charge in [-0.1, -0.05) is 45.7 Å². The van der Waals surface area contributed by atoms with Crippen molar-refractivity contribution >= 4 is 31.9 Å². The Morgan fingerprint density at radius 3 is 1.64 bits per heavy atom. The molecule has 0 atom stereocenters. The molecule has 1 nitrogen and oxygen atoms in total. The molecule has 62 valence electrons. The third-order valence-corrected chi connectivity index (χ3v) is 1.76. The molecule has 0 saturated carbocycles. The first-order valence-electron chi connectivity index (χ1n) is 3.33. The molecule has 0 aliphatic rings. The van der Waals surface area contributed by atoms with Crippen LogP contribution in [0.4, 0.5) is 0 Å². The summed E-state index contributed by atoms with van der Waals surface area (Å²) < 4.78 is 1.74. The van der Waals surface area contributed by atoms with E-state index in [1.54, 1.807) is 12.1 Å². The second-order valence-corrected chi connectivity index (χ2v) is 3.46. The number of phenols is 1.